The van der Waals surface area contributed by atoms with Crippen LogP contribution in [0.1, 0.15) is 57.5 Å². The van der Waals surface area contributed by atoms with Gasteiger partial charge in [0, 0.05) is 30.0 Å². The molecule has 1 fully saturated rings. The fourth-order valence-electron chi connectivity index (χ4n) is 3.59. The third-order valence-electron chi connectivity index (χ3n) is 5.29. The quantitative estimate of drug-likeness (QED) is 0.468. The Balaban J connectivity index is 1.59. The Labute approximate surface area is 191 Å². The summed E-state index contributed by atoms with van der Waals surface area (Å²) in [6, 6.07) is 1.76. The molecule has 0 radical (unpaired) electrons. The van der Waals surface area contributed by atoms with Crippen molar-refractivity contribution in [1.29, 1.82) is 0 Å². The van der Waals surface area contributed by atoms with Crippen molar-refractivity contribution < 1.29 is 35.9 Å². The van der Waals surface area contributed by atoms with E-state index in [0.29, 0.717) is 17.0 Å². The minimum Gasteiger partial charge on any atom is -0.365 e. The lowest BCUT2D eigenvalue weighted by Crippen LogP contribution is -2.19. The van der Waals surface area contributed by atoms with Crippen LogP contribution in [0, 0.1) is 6.92 Å². The number of rotatable bonds is 6. The van der Waals surface area contributed by atoms with Gasteiger partial charge in [-0.3, -0.25) is 14.3 Å². The van der Waals surface area contributed by atoms with Crippen molar-refractivity contribution in [3.63, 3.8) is 0 Å². The molecule has 3 heterocycles. The van der Waals surface area contributed by atoms with Crippen molar-refractivity contribution in [3.05, 3.63) is 39.7 Å². The van der Waals surface area contributed by atoms with Crippen molar-refractivity contribution in [1.82, 2.24) is 14.8 Å². The molecule has 1 saturated carbocycles. The molecule has 3 aromatic heterocycles. The van der Waals surface area contributed by atoms with E-state index in [9.17, 15) is 35.9 Å². The van der Waals surface area contributed by atoms with Crippen LogP contribution >= 0.6 is 11.3 Å². The molecule has 0 saturated heterocycles. The molecule has 0 spiro atoms. The maximum Gasteiger partial charge on any atom is 0.435 e. The molecule has 182 valence electrons. The van der Waals surface area contributed by atoms with Gasteiger partial charge in [0.25, 0.3) is 5.91 Å². The van der Waals surface area contributed by atoms with E-state index in [1.54, 1.807) is 0 Å². The molecule has 3 aromatic rings. The molecule has 0 aliphatic heterocycles. The number of fused-ring (bicyclic) bond motifs is 1. The zero-order valence-corrected chi connectivity index (χ0v) is 18.3. The van der Waals surface area contributed by atoms with E-state index in [1.807, 2.05) is 0 Å². The molecule has 0 atom stereocenters. The molecule has 0 aromatic carbocycles. The van der Waals surface area contributed by atoms with E-state index in [4.69, 9.17) is 5.73 Å². The summed E-state index contributed by atoms with van der Waals surface area (Å²) in [4.78, 5) is 27.7. The Bertz CT molecular complexity index is 1290. The highest BCUT2D eigenvalue weighted by Crippen LogP contribution is 2.42. The van der Waals surface area contributed by atoms with Crippen LogP contribution in [0.2, 0.25) is 0 Å². The number of carbonyl (C=O) groups is 2. The molecule has 2 amide bonds. The molecular formula is C20H17F6N5O2S. The predicted octanol–water partition coefficient (Wildman–Crippen LogP) is 4.84. The van der Waals surface area contributed by atoms with E-state index in [2.05, 4.69) is 15.4 Å². The summed E-state index contributed by atoms with van der Waals surface area (Å²) in [7, 11) is 0. The van der Waals surface area contributed by atoms with Crippen LogP contribution in [-0.4, -0.2) is 26.6 Å². The number of halogens is 6. The number of alkyl halides is 6. The summed E-state index contributed by atoms with van der Waals surface area (Å²) in [5, 5.41) is 6.19. The zero-order valence-electron chi connectivity index (χ0n) is 17.5. The number of hydrogen-bond acceptors (Lipinski definition) is 5. The first kappa shape index (κ1) is 24.0. The Hall–Kier alpha value is -3.16. The summed E-state index contributed by atoms with van der Waals surface area (Å²) in [5.41, 5.74) is 3.58. The molecule has 1 aliphatic carbocycles. The number of carbonyl (C=O) groups excluding carboxylic acids is 2. The zero-order chi connectivity index (χ0) is 25.0. The Morgan fingerprint density at radius 3 is 2.35 bits per heavy atom. The highest BCUT2D eigenvalue weighted by Gasteiger charge is 2.38. The van der Waals surface area contributed by atoms with Crippen LogP contribution < -0.4 is 11.1 Å². The van der Waals surface area contributed by atoms with Gasteiger partial charge >= 0.3 is 12.4 Å². The maximum atomic E-state index is 13.1. The van der Waals surface area contributed by atoms with Gasteiger partial charge in [-0.15, -0.1) is 11.3 Å². The van der Waals surface area contributed by atoms with Crippen molar-refractivity contribution in [3.8, 4) is 0 Å². The normalized spacial score (nSPS) is 14.6. The van der Waals surface area contributed by atoms with Crippen molar-refractivity contribution in [2.24, 2.45) is 5.73 Å². The van der Waals surface area contributed by atoms with E-state index >= 15 is 0 Å². The Morgan fingerprint density at radius 2 is 1.79 bits per heavy atom. The molecule has 0 unspecified atom stereocenters. The number of aryl methyl sites for hydroxylation is 2. The minimum atomic E-state index is -4.71. The second-order valence-electron chi connectivity index (χ2n) is 7.92. The van der Waals surface area contributed by atoms with Gasteiger partial charge < -0.3 is 11.1 Å². The lowest BCUT2D eigenvalue weighted by Gasteiger charge is -2.10. The topological polar surface area (TPSA) is 103 Å². The number of nitrogens with zero attached hydrogens (tertiary/aromatic N) is 3. The monoisotopic (exact) mass is 505 g/mol. The average Bonchev–Trinajstić information content (AvgIpc) is 3.34. The predicted molar refractivity (Wildman–Crippen MR) is 110 cm³/mol. The van der Waals surface area contributed by atoms with Crippen LogP contribution in [0.4, 0.5) is 32.0 Å². The highest BCUT2D eigenvalue weighted by molar-refractivity contribution is 7.21. The summed E-state index contributed by atoms with van der Waals surface area (Å²) in [5.74, 6) is -1.69. The van der Waals surface area contributed by atoms with Gasteiger partial charge in [-0.2, -0.15) is 31.4 Å². The number of nitrogens with one attached hydrogen (secondary N) is 1. The van der Waals surface area contributed by atoms with Crippen molar-refractivity contribution in [2.75, 3.05) is 5.32 Å². The van der Waals surface area contributed by atoms with E-state index in [-0.39, 0.29) is 45.2 Å². The second kappa shape index (κ2) is 8.25. The minimum absolute atomic E-state index is 0.0505. The smallest absolute Gasteiger partial charge is 0.365 e. The first-order valence-electron chi connectivity index (χ1n) is 10.0. The number of anilines is 1. The lowest BCUT2D eigenvalue weighted by atomic mass is 10.1. The molecule has 34 heavy (non-hydrogen) atoms. The second-order valence-corrected chi connectivity index (χ2v) is 8.92. The first-order valence-corrected chi connectivity index (χ1v) is 10.8. The number of aromatic nitrogens is 3. The number of thiophene rings is 1. The number of nitrogens with two attached hydrogens (primary N) is 1. The van der Waals surface area contributed by atoms with Crippen LogP contribution in [0.15, 0.2) is 12.1 Å². The lowest BCUT2D eigenvalue weighted by molar-refractivity contribution is -0.142. The molecule has 3 N–H and O–H groups in total. The van der Waals surface area contributed by atoms with Gasteiger partial charge in [0.2, 0.25) is 5.91 Å². The maximum absolute atomic E-state index is 13.1. The molecule has 0 bridgehead atoms. The fraction of sp³-hybridized carbons (Fsp3) is 0.400. The fourth-order valence-corrected chi connectivity index (χ4v) is 4.64. The van der Waals surface area contributed by atoms with Crippen LogP contribution in [-0.2, 0) is 23.7 Å². The number of amides is 2. The number of pyridine rings is 1. The van der Waals surface area contributed by atoms with Gasteiger partial charge in [0.05, 0.1) is 5.69 Å². The largest absolute Gasteiger partial charge is 0.435 e. The standard InChI is InChI=1S/C20H17F6N5O2S/c1-8-6-11(19(21,22)23)28-18-14(8)15(16(34-18)17(27)33)29-13(32)4-5-31-10(9-2-3-9)7-12(30-31)20(24,25)26/h6-7,9H,2-5H2,1H3,(H2,27,33)(H,29,32). The van der Waals surface area contributed by atoms with E-state index < -0.39 is 35.6 Å². The van der Waals surface area contributed by atoms with Crippen LogP contribution in [0.5, 0.6) is 0 Å². The third kappa shape index (κ3) is 4.72. The average molecular weight is 505 g/mol. The summed E-state index contributed by atoms with van der Waals surface area (Å²) >= 11 is 0.611. The summed E-state index contributed by atoms with van der Waals surface area (Å²) in [6.45, 7) is 1.22. The number of hydrogen-bond donors (Lipinski definition) is 2. The van der Waals surface area contributed by atoms with Gasteiger partial charge in [0.1, 0.15) is 15.4 Å². The highest BCUT2D eigenvalue weighted by atomic mass is 32.1. The van der Waals surface area contributed by atoms with E-state index in [1.165, 1.54) is 6.92 Å². The van der Waals surface area contributed by atoms with Crippen LogP contribution in [0.3, 0.4) is 0 Å². The summed E-state index contributed by atoms with van der Waals surface area (Å²) in [6.07, 6.45) is -8.17. The van der Waals surface area contributed by atoms with E-state index in [0.717, 1.165) is 29.7 Å². The SMILES string of the molecule is Cc1cc(C(F)(F)F)nc2sc(C(N)=O)c(NC(=O)CCn3nc(C(F)(F)F)cc3C3CC3)c12. The van der Waals surface area contributed by atoms with Gasteiger partial charge in [-0.25, -0.2) is 4.98 Å². The van der Waals surface area contributed by atoms with Crippen molar-refractivity contribution >= 4 is 39.1 Å². The Morgan fingerprint density at radius 1 is 1.15 bits per heavy atom. The molecular weight excluding hydrogens is 488 g/mol. The number of primary amides is 1. The molecule has 4 rings (SSSR count). The van der Waals surface area contributed by atoms with Gasteiger partial charge in [-0.1, -0.05) is 0 Å². The summed E-state index contributed by atoms with van der Waals surface area (Å²) < 4.78 is 79.6. The van der Waals surface area contributed by atoms with Crippen molar-refractivity contribution in [2.45, 2.75) is 51.0 Å². The van der Waals surface area contributed by atoms with Crippen LogP contribution in [0.25, 0.3) is 10.2 Å². The van der Waals surface area contributed by atoms with Gasteiger partial charge in [-0.05, 0) is 37.5 Å². The Kier molecular flexibility index (Phi) is 5.82. The first-order chi connectivity index (χ1) is 15.8. The molecule has 1 aliphatic rings. The van der Waals surface area contributed by atoms with Gasteiger partial charge in [0.15, 0.2) is 5.69 Å². The molecule has 14 heteroatoms. The third-order valence-corrected chi connectivity index (χ3v) is 6.38. The molecule has 7 nitrogen and oxygen atoms in total.